The molecule has 0 radical (unpaired) electrons. The average Bonchev–Trinajstić information content (AvgIpc) is 1.62. The molecule has 0 fully saturated rings. The van der Waals surface area contributed by atoms with Crippen molar-refractivity contribution in [3.8, 4) is 0 Å². The Bertz CT molecular complexity index is 89.9. The molecule has 0 aromatic rings. The quantitative estimate of drug-likeness (QED) is 0.493. The van der Waals surface area contributed by atoms with Gasteiger partial charge < -0.3 is 4.74 Å². The maximum atomic E-state index is 10.6. The monoisotopic (exact) mass is 148 g/mol. The molecular formula is C8H20O2. The normalized spacial score (nSPS) is 8.80. The van der Waals surface area contributed by atoms with Gasteiger partial charge >= 0.3 is 5.97 Å². The molecule has 0 unspecified atom stereocenters. The summed E-state index contributed by atoms with van der Waals surface area (Å²) in [5.41, 5.74) is -0.352. The van der Waals surface area contributed by atoms with Crippen molar-refractivity contribution >= 4 is 5.97 Å². The van der Waals surface area contributed by atoms with Crippen LogP contribution in [0.3, 0.4) is 0 Å². The highest BCUT2D eigenvalue weighted by molar-refractivity contribution is 5.75. The molecule has 0 aromatic heterocycles. The number of carbonyl (C=O) groups is 1. The van der Waals surface area contributed by atoms with Gasteiger partial charge in [-0.15, -0.1) is 0 Å². The second kappa shape index (κ2) is 5.27. The Labute approximate surface area is 64.6 Å². The van der Waals surface area contributed by atoms with Crippen LogP contribution < -0.4 is 0 Å². The first-order valence-corrected chi connectivity index (χ1v) is 2.57. The Morgan fingerprint density at radius 3 is 1.50 bits per heavy atom. The summed E-state index contributed by atoms with van der Waals surface area (Å²) in [5.74, 6) is -0.169. The fourth-order valence-electron chi connectivity index (χ4n) is 0.306. The Balaban J connectivity index is -0.000000245. The van der Waals surface area contributed by atoms with E-state index in [1.54, 1.807) is 0 Å². The molecule has 0 saturated carbocycles. The van der Waals surface area contributed by atoms with Crippen LogP contribution in [0.4, 0.5) is 0 Å². The van der Waals surface area contributed by atoms with Crippen LogP contribution in [0.2, 0.25) is 0 Å². The smallest absolute Gasteiger partial charge is 0.310 e. The third-order valence-electron chi connectivity index (χ3n) is 0.798. The van der Waals surface area contributed by atoms with Crippen molar-refractivity contribution in [3.05, 3.63) is 0 Å². The zero-order chi connectivity index (χ0) is 6.78. The number of ether oxygens (including phenoxy) is 1. The first-order chi connectivity index (χ1) is 3.48. The van der Waals surface area contributed by atoms with Gasteiger partial charge in [-0.25, -0.2) is 0 Å². The van der Waals surface area contributed by atoms with E-state index in [2.05, 4.69) is 4.74 Å². The first-order valence-electron chi connectivity index (χ1n) is 2.57. The van der Waals surface area contributed by atoms with Crippen LogP contribution in [-0.2, 0) is 9.53 Å². The number of esters is 1. The summed E-state index contributed by atoms with van der Waals surface area (Å²) < 4.78 is 4.48. The van der Waals surface area contributed by atoms with Gasteiger partial charge in [-0.2, -0.15) is 0 Å². The van der Waals surface area contributed by atoms with E-state index in [9.17, 15) is 4.79 Å². The molecule has 0 bridgehead atoms. The summed E-state index contributed by atoms with van der Waals surface area (Å²) in [7, 11) is 1.40. The van der Waals surface area contributed by atoms with Crippen LogP contribution in [0.1, 0.15) is 35.6 Å². The molecule has 0 aliphatic rings. The summed E-state index contributed by atoms with van der Waals surface area (Å²) in [6, 6.07) is 0. The lowest BCUT2D eigenvalue weighted by atomic mass is 9.98. The van der Waals surface area contributed by atoms with E-state index in [1.165, 1.54) is 7.11 Å². The average molecular weight is 148 g/mol. The van der Waals surface area contributed by atoms with Crippen LogP contribution in [0.25, 0.3) is 0 Å². The van der Waals surface area contributed by atoms with Gasteiger partial charge in [0.05, 0.1) is 12.5 Å². The lowest BCUT2D eigenvalue weighted by molar-refractivity contribution is -0.149. The van der Waals surface area contributed by atoms with Crippen molar-refractivity contribution in [3.63, 3.8) is 0 Å². The first kappa shape index (κ1) is 16.2. The lowest BCUT2D eigenvalue weighted by Gasteiger charge is -2.13. The van der Waals surface area contributed by atoms with Gasteiger partial charge in [-0.3, -0.25) is 4.79 Å². The van der Waals surface area contributed by atoms with Crippen LogP contribution in [0.5, 0.6) is 0 Å². The third kappa shape index (κ3) is 5.60. The number of carbonyl (C=O) groups excluding carboxylic acids is 1. The molecule has 0 saturated heterocycles. The maximum Gasteiger partial charge on any atom is 0.310 e. The summed E-state index contributed by atoms with van der Waals surface area (Å²) in [5, 5.41) is 0. The predicted molar refractivity (Wildman–Crippen MR) is 44.9 cm³/mol. The van der Waals surface area contributed by atoms with Gasteiger partial charge in [0.15, 0.2) is 0 Å². The van der Waals surface area contributed by atoms with Crippen molar-refractivity contribution in [2.24, 2.45) is 5.41 Å². The van der Waals surface area contributed by atoms with Crippen LogP contribution in [-0.4, -0.2) is 13.1 Å². The molecule has 0 aliphatic heterocycles. The molecule has 0 amide bonds. The van der Waals surface area contributed by atoms with Gasteiger partial charge in [-0.05, 0) is 20.8 Å². The SMILES string of the molecule is C.C.COC(=O)C(C)(C)C. The highest BCUT2D eigenvalue weighted by atomic mass is 16.5. The van der Waals surface area contributed by atoms with Gasteiger partial charge in [0.25, 0.3) is 0 Å². The lowest BCUT2D eigenvalue weighted by Crippen LogP contribution is -2.21. The molecule has 0 spiro atoms. The Morgan fingerprint density at radius 2 is 1.50 bits per heavy atom. The number of hydrogen-bond donors (Lipinski definition) is 0. The molecular weight excluding hydrogens is 128 g/mol. The summed E-state index contributed by atoms with van der Waals surface area (Å²) in [6.45, 7) is 5.45. The third-order valence-corrected chi connectivity index (χ3v) is 0.798. The Hall–Kier alpha value is -0.530. The Morgan fingerprint density at radius 1 is 1.20 bits per heavy atom. The summed E-state index contributed by atoms with van der Waals surface area (Å²) in [6.07, 6.45) is 0. The number of methoxy groups -OCH3 is 1. The predicted octanol–water partition coefficient (Wildman–Crippen LogP) is 2.48. The maximum absolute atomic E-state index is 10.6. The minimum atomic E-state index is -0.352. The Kier molecular flexibility index (Phi) is 8.55. The highest BCUT2D eigenvalue weighted by Gasteiger charge is 2.21. The molecule has 0 N–H and O–H groups in total. The second-order valence-electron chi connectivity index (χ2n) is 2.74. The molecule has 0 rings (SSSR count). The second-order valence-corrected chi connectivity index (χ2v) is 2.74. The van der Waals surface area contributed by atoms with Crippen LogP contribution in [0.15, 0.2) is 0 Å². The van der Waals surface area contributed by atoms with E-state index >= 15 is 0 Å². The molecule has 0 atom stereocenters. The van der Waals surface area contributed by atoms with Crippen molar-refractivity contribution in [2.45, 2.75) is 35.6 Å². The zero-order valence-corrected chi connectivity index (χ0v) is 5.82. The number of rotatable bonds is 0. The van der Waals surface area contributed by atoms with Gasteiger partial charge in [0, 0.05) is 0 Å². The number of hydrogen-bond acceptors (Lipinski definition) is 2. The fourth-order valence-corrected chi connectivity index (χ4v) is 0.306. The minimum absolute atomic E-state index is 0. The molecule has 0 heterocycles. The summed E-state index contributed by atoms with van der Waals surface area (Å²) >= 11 is 0. The topological polar surface area (TPSA) is 26.3 Å². The van der Waals surface area contributed by atoms with Crippen LogP contribution in [0, 0.1) is 5.41 Å². The van der Waals surface area contributed by atoms with Gasteiger partial charge in [-0.1, -0.05) is 14.9 Å². The molecule has 2 heteroatoms. The van der Waals surface area contributed by atoms with Crippen molar-refractivity contribution in [1.29, 1.82) is 0 Å². The molecule has 0 aromatic carbocycles. The van der Waals surface area contributed by atoms with E-state index in [0.717, 1.165) is 0 Å². The zero-order valence-electron chi connectivity index (χ0n) is 5.82. The summed E-state index contributed by atoms with van der Waals surface area (Å²) in [4.78, 5) is 10.6. The van der Waals surface area contributed by atoms with E-state index in [-0.39, 0.29) is 26.2 Å². The van der Waals surface area contributed by atoms with Crippen molar-refractivity contribution in [1.82, 2.24) is 0 Å². The standard InChI is InChI=1S/C6H12O2.2CH4/c1-6(2,3)5(7)8-4;;/h1-4H3;2*1H4. The van der Waals surface area contributed by atoms with E-state index in [4.69, 9.17) is 0 Å². The fraction of sp³-hybridized carbons (Fsp3) is 0.875. The van der Waals surface area contributed by atoms with E-state index in [1.807, 2.05) is 20.8 Å². The van der Waals surface area contributed by atoms with Gasteiger partial charge in [0.2, 0.25) is 0 Å². The molecule has 10 heavy (non-hydrogen) atoms. The van der Waals surface area contributed by atoms with Gasteiger partial charge in [0.1, 0.15) is 0 Å². The van der Waals surface area contributed by atoms with E-state index < -0.39 is 0 Å². The van der Waals surface area contributed by atoms with E-state index in [0.29, 0.717) is 0 Å². The largest absolute Gasteiger partial charge is 0.469 e. The highest BCUT2D eigenvalue weighted by Crippen LogP contribution is 2.13. The molecule has 64 valence electrons. The van der Waals surface area contributed by atoms with Crippen molar-refractivity contribution in [2.75, 3.05) is 7.11 Å². The molecule has 2 nitrogen and oxygen atoms in total. The van der Waals surface area contributed by atoms with Crippen molar-refractivity contribution < 1.29 is 9.53 Å². The van der Waals surface area contributed by atoms with Crippen LogP contribution >= 0.6 is 0 Å². The molecule has 0 aliphatic carbocycles. The minimum Gasteiger partial charge on any atom is -0.469 e.